The quantitative estimate of drug-likeness (QED) is 0.399. The maximum absolute atomic E-state index is 11.6. The molecule has 1 aromatic rings. The minimum Gasteiger partial charge on any atom is -0.398 e. The highest BCUT2D eigenvalue weighted by molar-refractivity contribution is 6.33. The molecule has 0 aliphatic heterocycles. The summed E-state index contributed by atoms with van der Waals surface area (Å²) >= 11 is 5.75. The molecule has 4 N–H and O–H groups in total. The van der Waals surface area contributed by atoms with Gasteiger partial charge < -0.3 is 16.4 Å². The summed E-state index contributed by atoms with van der Waals surface area (Å²) in [5, 5.41) is 5.65. The Bertz CT molecular complexity index is 410. The molecule has 2 amide bonds. The second-order valence-corrected chi connectivity index (χ2v) is 3.82. The SMILES string of the molecule is Nc1cc(C(=O)NCCCNC=O)ccc1Cl. The molecule has 1 rings (SSSR count). The first-order valence-corrected chi connectivity index (χ1v) is 5.53. The van der Waals surface area contributed by atoms with Crippen molar-refractivity contribution in [2.45, 2.75) is 6.42 Å². The maximum Gasteiger partial charge on any atom is 0.251 e. The Hall–Kier alpha value is -1.75. The van der Waals surface area contributed by atoms with Crippen LogP contribution in [0.25, 0.3) is 0 Å². The Morgan fingerprint density at radius 2 is 2.18 bits per heavy atom. The lowest BCUT2D eigenvalue weighted by Gasteiger charge is -2.06. The molecular weight excluding hydrogens is 242 g/mol. The van der Waals surface area contributed by atoms with Crippen LogP contribution in [0.1, 0.15) is 16.8 Å². The fourth-order valence-corrected chi connectivity index (χ4v) is 1.36. The van der Waals surface area contributed by atoms with Gasteiger partial charge in [-0.2, -0.15) is 0 Å². The first kappa shape index (κ1) is 13.3. The molecule has 17 heavy (non-hydrogen) atoms. The summed E-state index contributed by atoms with van der Waals surface area (Å²) in [6.07, 6.45) is 1.30. The Kier molecular flexibility index (Phi) is 5.29. The van der Waals surface area contributed by atoms with Gasteiger partial charge in [0.15, 0.2) is 0 Å². The van der Waals surface area contributed by atoms with Gasteiger partial charge in [-0.25, -0.2) is 0 Å². The van der Waals surface area contributed by atoms with Crippen LogP contribution in [0.4, 0.5) is 5.69 Å². The monoisotopic (exact) mass is 255 g/mol. The van der Waals surface area contributed by atoms with Gasteiger partial charge >= 0.3 is 0 Å². The van der Waals surface area contributed by atoms with Crippen molar-refractivity contribution in [2.75, 3.05) is 18.8 Å². The number of carbonyl (C=O) groups excluding carboxylic acids is 2. The van der Waals surface area contributed by atoms with E-state index in [0.717, 1.165) is 0 Å². The normalized spacial score (nSPS) is 9.71. The van der Waals surface area contributed by atoms with Crippen molar-refractivity contribution in [3.63, 3.8) is 0 Å². The van der Waals surface area contributed by atoms with Gasteiger partial charge in [-0.3, -0.25) is 9.59 Å². The molecule has 0 atom stereocenters. The minimum absolute atomic E-state index is 0.209. The number of amides is 2. The van der Waals surface area contributed by atoms with Crippen LogP contribution in [0.2, 0.25) is 5.02 Å². The summed E-state index contributed by atoms with van der Waals surface area (Å²) in [7, 11) is 0. The fourth-order valence-electron chi connectivity index (χ4n) is 1.24. The van der Waals surface area contributed by atoms with Gasteiger partial charge in [0.25, 0.3) is 5.91 Å². The maximum atomic E-state index is 11.6. The average Bonchev–Trinajstić information content (AvgIpc) is 2.32. The zero-order valence-corrected chi connectivity index (χ0v) is 9.96. The van der Waals surface area contributed by atoms with E-state index in [1.807, 2.05) is 0 Å². The molecule has 0 aliphatic rings. The van der Waals surface area contributed by atoms with Crippen LogP contribution in [0, 0.1) is 0 Å². The lowest BCUT2D eigenvalue weighted by molar-refractivity contribution is -0.109. The van der Waals surface area contributed by atoms with E-state index < -0.39 is 0 Å². The van der Waals surface area contributed by atoms with E-state index in [1.165, 1.54) is 6.07 Å². The molecule has 5 nitrogen and oxygen atoms in total. The third kappa shape index (κ3) is 4.32. The van der Waals surface area contributed by atoms with Crippen molar-refractivity contribution < 1.29 is 9.59 Å². The fraction of sp³-hybridized carbons (Fsp3) is 0.273. The van der Waals surface area contributed by atoms with Crippen LogP contribution in [0.5, 0.6) is 0 Å². The number of nitrogens with two attached hydrogens (primary N) is 1. The van der Waals surface area contributed by atoms with E-state index in [9.17, 15) is 9.59 Å². The Labute approximate surface area is 104 Å². The molecule has 0 saturated heterocycles. The van der Waals surface area contributed by atoms with Gasteiger partial charge in [0.05, 0.1) is 10.7 Å². The molecule has 6 heteroatoms. The van der Waals surface area contributed by atoms with E-state index in [-0.39, 0.29) is 5.91 Å². The predicted molar refractivity (Wildman–Crippen MR) is 66.9 cm³/mol. The van der Waals surface area contributed by atoms with Crippen molar-refractivity contribution in [2.24, 2.45) is 0 Å². The number of benzene rings is 1. The number of nitrogens with one attached hydrogen (secondary N) is 2. The Morgan fingerprint density at radius 3 is 2.82 bits per heavy atom. The number of hydrogen-bond donors (Lipinski definition) is 3. The first-order valence-electron chi connectivity index (χ1n) is 5.15. The van der Waals surface area contributed by atoms with Crippen molar-refractivity contribution in [1.29, 1.82) is 0 Å². The highest BCUT2D eigenvalue weighted by atomic mass is 35.5. The third-order valence-electron chi connectivity index (χ3n) is 2.12. The number of halogens is 1. The summed E-state index contributed by atoms with van der Waals surface area (Å²) in [5.41, 5.74) is 6.44. The number of hydrogen-bond acceptors (Lipinski definition) is 3. The molecule has 0 unspecified atom stereocenters. The molecule has 0 aromatic heterocycles. The Morgan fingerprint density at radius 1 is 1.41 bits per heavy atom. The molecular formula is C11H14ClN3O2. The van der Waals surface area contributed by atoms with Crippen molar-refractivity contribution in [3.05, 3.63) is 28.8 Å². The third-order valence-corrected chi connectivity index (χ3v) is 2.47. The molecule has 0 heterocycles. The van der Waals surface area contributed by atoms with Crippen molar-refractivity contribution in [1.82, 2.24) is 10.6 Å². The Balaban J connectivity index is 2.41. The summed E-state index contributed by atoms with van der Waals surface area (Å²) in [6, 6.07) is 4.72. The predicted octanol–water partition coefficient (Wildman–Crippen LogP) is 0.788. The zero-order chi connectivity index (χ0) is 12.7. The molecule has 0 radical (unpaired) electrons. The van der Waals surface area contributed by atoms with Crippen LogP contribution < -0.4 is 16.4 Å². The smallest absolute Gasteiger partial charge is 0.251 e. The highest BCUT2D eigenvalue weighted by Gasteiger charge is 2.06. The van der Waals surface area contributed by atoms with E-state index in [4.69, 9.17) is 17.3 Å². The van der Waals surface area contributed by atoms with Crippen LogP contribution in [0.15, 0.2) is 18.2 Å². The van der Waals surface area contributed by atoms with Crippen molar-refractivity contribution >= 4 is 29.6 Å². The first-order chi connectivity index (χ1) is 8.15. The number of nitrogen functional groups attached to an aromatic ring is 1. The van der Waals surface area contributed by atoms with Gasteiger partial charge in [-0.15, -0.1) is 0 Å². The molecule has 0 spiro atoms. The highest BCUT2D eigenvalue weighted by Crippen LogP contribution is 2.19. The number of carbonyl (C=O) groups is 2. The standard InChI is InChI=1S/C11H14ClN3O2/c12-9-3-2-8(6-10(9)13)11(17)15-5-1-4-14-7-16/h2-3,6-7H,1,4-5,13H2,(H,14,16)(H,15,17). The number of rotatable bonds is 6. The molecule has 92 valence electrons. The van der Waals surface area contributed by atoms with Gasteiger partial charge in [0.1, 0.15) is 0 Å². The van der Waals surface area contributed by atoms with Crippen LogP contribution in [0.3, 0.4) is 0 Å². The van der Waals surface area contributed by atoms with Gasteiger partial charge in [0, 0.05) is 18.7 Å². The minimum atomic E-state index is -0.209. The summed E-state index contributed by atoms with van der Waals surface area (Å²) in [5.74, 6) is -0.209. The second-order valence-electron chi connectivity index (χ2n) is 3.42. The summed E-state index contributed by atoms with van der Waals surface area (Å²) in [4.78, 5) is 21.6. The largest absolute Gasteiger partial charge is 0.398 e. The van der Waals surface area contributed by atoms with E-state index >= 15 is 0 Å². The molecule has 0 fully saturated rings. The van der Waals surface area contributed by atoms with Crippen molar-refractivity contribution in [3.8, 4) is 0 Å². The average molecular weight is 256 g/mol. The van der Waals surface area contributed by atoms with Gasteiger partial charge in [-0.1, -0.05) is 11.6 Å². The number of anilines is 1. The zero-order valence-electron chi connectivity index (χ0n) is 9.20. The van der Waals surface area contributed by atoms with Gasteiger partial charge in [-0.05, 0) is 24.6 Å². The summed E-state index contributed by atoms with van der Waals surface area (Å²) < 4.78 is 0. The molecule has 0 bridgehead atoms. The van der Waals surface area contributed by atoms with Crippen LogP contribution >= 0.6 is 11.6 Å². The van der Waals surface area contributed by atoms with Crippen LogP contribution in [-0.4, -0.2) is 25.4 Å². The summed E-state index contributed by atoms with van der Waals surface area (Å²) in [6.45, 7) is 1.02. The van der Waals surface area contributed by atoms with E-state index in [0.29, 0.717) is 42.2 Å². The van der Waals surface area contributed by atoms with Crippen LogP contribution in [-0.2, 0) is 4.79 Å². The topological polar surface area (TPSA) is 84.2 Å². The lowest BCUT2D eigenvalue weighted by atomic mass is 10.2. The van der Waals surface area contributed by atoms with Gasteiger partial charge in [0.2, 0.25) is 6.41 Å². The van der Waals surface area contributed by atoms with E-state index in [2.05, 4.69) is 10.6 Å². The lowest BCUT2D eigenvalue weighted by Crippen LogP contribution is -2.27. The molecule has 0 saturated carbocycles. The second kappa shape index (κ2) is 6.75. The van der Waals surface area contributed by atoms with E-state index in [1.54, 1.807) is 12.1 Å². The molecule has 0 aliphatic carbocycles. The molecule has 1 aromatic carbocycles.